The molecule has 0 bridgehead atoms. The molecule has 0 saturated heterocycles. The van der Waals surface area contributed by atoms with Crippen molar-refractivity contribution in [1.29, 1.82) is 0 Å². The molecule has 5 rings (SSSR count). The largest absolute Gasteiger partial charge is 0.497 e. The molecule has 0 amide bonds. The summed E-state index contributed by atoms with van der Waals surface area (Å²) in [5, 5.41) is 0. The van der Waals surface area contributed by atoms with Crippen molar-refractivity contribution in [2.75, 3.05) is 7.11 Å². The van der Waals surface area contributed by atoms with E-state index in [1.54, 1.807) is 18.6 Å². The van der Waals surface area contributed by atoms with E-state index in [9.17, 15) is 9.59 Å². The summed E-state index contributed by atoms with van der Waals surface area (Å²) in [5.41, 5.74) is 2.95. The van der Waals surface area contributed by atoms with Crippen LogP contribution in [0.3, 0.4) is 0 Å². The third kappa shape index (κ3) is 2.87. The summed E-state index contributed by atoms with van der Waals surface area (Å²) in [4.78, 5) is 30.0. The molecule has 156 valence electrons. The van der Waals surface area contributed by atoms with Gasteiger partial charge < -0.3 is 9.30 Å². The number of hydrogen-bond acceptors (Lipinski definition) is 4. The van der Waals surface area contributed by atoms with Crippen LogP contribution in [0.1, 0.15) is 5.56 Å². The third-order valence-electron chi connectivity index (χ3n) is 5.63. The number of hydrogen-bond donors (Lipinski definition) is 0. The molecular weight excluding hydrogens is 394 g/mol. The molecule has 3 aromatic heterocycles. The number of nitrogens with zero attached hydrogens (tertiary/aromatic N) is 5. The fourth-order valence-electron chi connectivity index (χ4n) is 3.93. The molecule has 0 radical (unpaired) electrons. The van der Waals surface area contributed by atoms with Crippen molar-refractivity contribution < 1.29 is 4.74 Å². The van der Waals surface area contributed by atoms with E-state index in [-0.39, 0.29) is 5.56 Å². The molecule has 8 heteroatoms. The predicted octanol–water partition coefficient (Wildman–Crippen LogP) is 2.41. The number of aryl methyl sites for hydroxylation is 1. The fraction of sp³-hybridized carbons (Fsp3) is 0.174. The highest BCUT2D eigenvalue weighted by molar-refractivity contribution is 5.78. The van der Waals surface area contributed by atoms with Crippen molar-refractivity contribution in [3.8, 4) is 17.0 Å². The van der Waals surface area contributed by atoms with E-state index in [0.29, 0.717) is 23.5 Å². The number of ether oxygens (including phenoxy) is 1. The lowest BCUT2D eigenvalue weighted by Gasteiger charge is -2.10. The zero-order chi connectivity index (χ0) is 21.7. The van der Waals surface area contributed by atoms with Gasteiger partial charge in [0.1, 0.15) is 5.75 Å². The Morgan fingerprint density at radius 3 is 2.32 bits per heavy atom. The molecule has 3 heterocycles. The molecule has 0 unspecified atom stereocenters. The van der Waals surface area contributed by atoms with Gasteiger partial charge in [0.2, 0.25) is 5.78 Å². The maximum atomic E-state index is 12.9. The van der Waals surface area contributed by atoms with Crippen LogP contribution in [0.2, 0.25) is 0 Å². The topological polar surface area (TPSA) is 75.5 Å². The van der Waals surface area contributed by atoms with Gasteiger partial charge in [-0.15, -0.1) is 0 Å². The van der Waals surface area contributed by atoms with Gasteiger partial charge in [0.25, 0.3) is 5.56 Å². The quantitative estimate of drug-likeness (QED) is 0.452. The van der Waals surface area contributed by atoms with Crippen molar-refractivity contribution >= 4 is 16.9 Å². The maximum Gasteiger partial charge on any atom is 0.332 e. The average molecular weight is 415 g/mol. The Bertz CT molecular complexity index is 1540. The molecule has 2 aromatic carbocycles. The van der Waals surface area contributed by atoms with Crippen molar-refractivity contribution in [2.24, 2.45) is 14.1 Å². The second-order valence-corrected chi connectivity index (χ2v) is 7.47. The monoisotopic (exact) mass is 415 g/mol. The smallest absolute Gasteiger partial charge is 0.332 e. The molecule has 0 atom stereocenters. The molecule has 8 nitrogen and oxygen atoms in total. The highest BCUT2D eigenvalue weighted by atomic mass is 16.5. The molecule has 31 heavy (non-hydrogen) atoms. The Morgan fingerprint density at radius 1 is 0.935 bits per heavy atom. The Hall–Kier alpha value is -4.07. The molecule has 0 aliphatic heterocycles. The lowest BCUT2D eigenvalue weighted by molar-refractivity contribution is 0.415. The van der Waals surface area contributed by atoms with E-state index in [0.717, 1.165) is 27.1 Å². The number of benzene rings is 2. The van der Waals surface area contributed by atoms with Gasteiger partial charge in [0, 0.05) is 25.9 Å². The van der Waals surface area contributed by atoms with Crippen molar-refractivity contribution in [2.45, 2.75) is 6.54 Å². The summed E-state index contributed by atoms with van der Waals surface area (Å²) in [6.45, 7) is 0.566. The van der Waals surface area contributed by atoms with Crippen molar-refractivity contribution in [1.82, 2.24) is 23.1 Å². The molecule has 0 fully saturated rings. The van der Waals surface area contributed by atoms with Crippen LogP contribution < -0.4 is 16.0 Å². The zero-order valence-electron chi connectivity index (χ0n) is 17.4. The minimum absolute atomic E-state index is 0.367. The first kappa shape index (κ1) is 18.9. The van der Waals surface area contributed by atoms with Gasteiger partial charge in [-0.05, 0) is 29.8 Å². The van der Waals surface area contributed by atoms with Gasteiger partial charge in [0.05, 0.1) is 19.3 Å². The highest BCUT2D eigenvalue weighted by Crippen LogP contribution is 2.27. The summed E-state index contributed by atoms with van der Waals surface area (Å²) < 4.78 is 11.6. The zero-order valence-corrected chi connectivity index (χ0v) is 17.4. The highest BCUT2D eigenvalue weighted by Gasteiger charge is 2.21. The molecular formula is C23H21N5O3. The van der Waals surface area contributed by atoms with E-state index in [1.165, 1.54) is 11.6 Å². The van der Waals surface area contributed by atoms with Gasteiger partial charge >= 0.3 is 5.69 Å². The van der Waals surface area contributed by atoms with E-state index in [2.05, 4.69) is 4.57 Å². The van der Waals surface area contributed by atoms with Gasteiger partial charge in [0.15, 0.2) is 11.2 Å². The standard InChI is InChI=1S/C23H21N5O3/c1-25-20-19(21(29)26(2)23(25)30)28-14-18(16-9-11-17(31-3)12-10-16)27(22(28)24-20)13-15-7-5-4-6-8-15/h4-12,14H,13H2,1-3H3. The van der Waals surface area contributed by atoms with Crippen LogP contribution in [0.25, 0.3) is 28.2 Å². The lowest BCUT2D eigenvalue weighted by atomic mass is 10.1. The summed E-state index contributed by atoms with van der Waals surface area (Å²) >= 11 is 0. The number of methoxy groups -OCH3 is 1. The molecule has 5 aromatic rings. The number of rotatable bonds is 4. The number of imidazole rings is 2. The third-order valence-corrected chi connectivity index (χ3v) is 5.63. The predicted molar refractivity (Wildman–Crippen MR) is 119 cm³/mol. The van der Waals surface area contributed by atoms with E-state index >= 15 is 0 Å². The van der Waals surface area contributed by atoms with Crippen LogP contribution in [0.4, 0.5) is 0 Å². The lowest BCUT2D eigenvalue weighted by Crippen LogP contribution is -2.37. The average Bonchev–Trinajstić information content (AvgIpc) is 3.34. The molecule has 0 spiro atoms. The molecule has 0 N–H and O–H groups in total. The minimum Gasteiger partial charge on any atom is -0.497 e. The summed E-state index contributed by atoms with van der Waals surface area (Å²) in [6, 6.07) is 17.8. The van der Waals surface area contributed by atoms with Gasteiger partial charge in [-0.25, -0.2) is 4.79 Å². The Morgan fingerprint density at radius 2 is 1.65 bits per heavy atom. The van der Waals surface area contributed by atoms with Crippen LogP contribution in [-0.4, -0.2) is 30.2 Å². The van der Waals surface area contributed by atoms with Crippen molar-refractivity contribution in [3.63, 3.8) is 0 Å². The van der Waals surface area contributed by atoms with Gasteiger partial charge in [-0.3, -0.25) is 18.3 Å². The van der Waals surface area contributed by atoms with Crippen molar-refractivity contribution in [3.05, 3.63) is 87.2 Å². The van der Waals surface area contributed by atoms with E-state index in [4.69, 9.17) is 9.72 Å². The minimum atomic E-state index is -0.400. The fourth-order valence-corrected chi connectivity index (χ4v) is 3.93. The SMILES string of the molecule is COc1ccc(-c2cn3c4c(=O)n(C)c(=O)n(C)c4nc3n2Cc2ccccc2)cc1. The number of aromatic nitrogens is 5. The molecule has 0 saturated carbocycles. The van der Waals surface area contributed by atoms with E-state index in [1.807, 2.05) is 60.8 Å². The molecule has 0 aliphatic carbocycles. The second-order valence-electron chi connectivity index (χ2n) is 7.47. The maximum absolute atomic E-state index is 12.9. The van der Waals surface area contributed by atoms with Gasteiger partial charge in [-0.2, -0.15) is 4.98 Å². The van der Waals surface area contributed by atoms with E-state index < -0.39 is 5.69 Å². The Labute approximate surface area is 177 Å². The number of fused-ring (bicyclic) bond motifs is 3. The van der Waals surface area contributed by atoms with Crippen LogP contribution in [0.5, 0.6) is 5.75 Å². The first-order valence-electron chi connectivity index (χ1n) is 9.85. The van der Waals surface area contributed by atoms with Crippen LogP contribution >= 0.6 is 0 Å². The normalized spacial score (nSPS) is 11.5. The summed E-state index contributed by atoms with van der Waals surface area (Å²) in [6.07, 6.45) is 1.90. The van der Waals surface area contributed by atoms with Crippen LogP contribution in [0, 0.1) is 0 Å². The summed E-state index contributed by atoms with van der Waals surface area (Å²) in [5.74, 6) is 1.37. The first-order valence-corrected chi connectivity index (χ1v) is 9.85. The summed E-state index contributed by atoms with van der Waals surface area (Å²) in [7, 11) is 4.74. The van der Waals surface area contributed by atoms with Crippen LogP contribution in [0.15, 0.2) is 70.4 Å². The first-order chi connectivity index (χ1) is 15.0. The second kappa shape index (κ2) is 7.02. The van der Waals surface area contributed by atoms with Crippen LogP contribution in [-0.2, 0) is 20.6 Å². The molecule has 0 aliphatic rings. The Balaban J connectivity index is 1.84. The Kier molecular flexibility index (Phi) is 4.28. The van der Waals surface area contributed by atoms with Gasteiger partial charge in [-0.1, -0.05) is 30.3 Å².